The van der Waals surface area contributed by atoms with Crippen LogP contribution in [0, 0.1) is 6.92 Å². The molecule has 17 heavy (non-hydrogen) atoms. The molecule has 88 valence electrons. The van der Waals surface area contributed by atoms with Gasteiger partial charge in [0.2, 0.25) is 0 Å². The summed E-state index contributed by atoms with van der Waals surface area (Å²) in [4.78, 5) is 12.6. The average molecular weight is 229 g/mol. The molecule has 0 amide bonds. The molecule has 0 aliphatic heterocycles. The number of benzene rings is 1. The minimum absolute atomic E-state index is 0. The van der Waals surface area contributed by atoms with Crippen molar-refractivity contribution in [2.75, 3.05) is 27.2 Å². The predicted molar refractivity (Wildman–Crippen MR) is 59.6 cm³/mol. The van der Waals surface area contributed by atoms with Gasteiger partial charge in [-0.25, -0.2) is 0 Å². The van der Waals surface area contributed by atoms with E-state index in [0.29, 0.717) is 12.4 Å². The number of carbonyl (C=O) groups excluding carboxylic acids is 1. The van der Waals surface area contributed by atoms with Crippen LogP contribution in [0.1, 0.15) is 15.9 Å². The molecule has 0 atom stereocenters. The van der Waals surface area contributed by atoms with E-state index in [-0.39, 0.29) is 24.4 Å². The number of hydrogen-bond acceptors (Lipinski definition) is 4. The average Bonchev–Trinajstić information content (AvgIpc) is 2.19. The van der Waals surface area contributed by atoms with Crippen molar-refractivity contribution in [3.63, 3.8) is 0 Å². The number of aryl methyl sites for hydroxylation is 1. The van der Waals surface area contributed by atoms with Crippen molar-refractivity contribution in [2.45, 2.75) is 6.92 Å². The van der Waals surface area contributed by atoms with Gasteiger partial charge in [0.15, 0.2) is 0 Å². The molecule has 5 heteroatoms. The Kier molecular flexibility index (Phi) is 6.97. The summed E-state index contributed by atoms with van der Waals surface area (Å²) in [6.07, 6.45) is 0. The van der Waals surface area contributed by atoms with Gasteiger partial charge in [-0.1, -0.05) is 0 Å². The molecule has 0 aliphatic rings. The van der Waals surface area contributed by atoms with Crippen molar-refractivity contribution in [3.05, 3.63) is 29.3 Å². The molecule has 1 aromatic carbocycles. The summed E-state index contributed by atoms with van der Waals surface area (Å²) in [6, 6.07) is 4.71. The number of ether oxygens (including phenoxy) is 1. The van der Waals surface area contributed by atoms with E-state index >= 15 is 0 Å². The maximum Gasteiger partial charge on any atom is 1.00 e. The first kappa shape index (κ1) is 16.0. The molecule has 0 bridgehead atoms. The fourth-order valence-corrected chi connectivity index (χ4v) is 1.28. The molecule has 0 N–H and O–H groups in total. The second-order valence-corrected chi connectivity index (χ2v) is 3.92. The summed E-state index contributed by atoms with van der Waals surface area (Å²) in [5, 5.41) is 10.6. The molecule has 0 heterocycles. The van der Waals surface area contributed by atoms with Crippen LogP contribution in [-0.4, -0.2) is 38.1 Å². The van der Waals surface area contributed by atoms with E-state index in [1.54, 1.807) is 12.1 Å². The summed E-state index contributed by atoms with van der Waals surface area (Å²) < 4.78 is 5.53. The second kappa shape index (κ2) is 7.39. The fourth-order valence-electron chi connectivity index (χ4n) is 1.28. The van der Waals surface area contributed by atoms with E-state index in [9.17, 15) is 9.90 Å². The maximum atomic E-state index is 10.6. The normalized spacial score (nSPS) is 9.88. The van der Waals surface area contributed by atoms with Gasteiger partial charge in [0.05, 0.1) is 5.97 Å². The Morgan fingerprint density at radius 2 is 2.06 bits per heavy atom. The number of hydrogen-bond donors (Lipinski definition) is 0. The zero-order valence-electron chi connectivity index (χ0n) is 10.8. The van der Waals surface area contributed by atoms with Gasteiger partial charge in [0.25, 0.3) is 0 Å². The Bertz CT molecular complexity index is 380. The molecule has 0 saturated heterocycles. The SMILES string of the molecule is Cc1cc(C(=O)[O-])ccc1OCCN(C)C.[Li+]. The Labute approximate surface area is 114 Å². The van der Waals surface area contributed by atoms with Crippen molar-refractivity contribution in [1.82, 2.24) is 4.90 Å². The van der Waals surface area contributed by atoms with Gasteiger partial charge >= 0.3 is 18.9 Å². The topological polar surface area (TPSA) is 52.6 Å². The summed E-state index contributed by atoms with van der Waals surface area (Å²) >= 11 is 0. The van der Waals surface area contributed by atoms with Crippen LogP contribution < -0.4 is 28.7 Å². The smallest absolute Gasteiger partial charge is 0.545 e. The van der Waals surface area contributed by atoms with Crippen LogP contribution in [0.2, 0.25) is 0 Å². The van der Waals surface area contributed by atoms with Gasteiger partial charge in [0.1, 0.15) is 12.4 Å². The first-order valence-corrected chi connectivity index (χ1v) is 5.10. The third-order valence-corrected chi connectivity index (χ3v) is 2.21. The Balaban J connectivity index is 0.00000256. The van der Waals surface area contributed by atoms with Crippen molar-refractivity contribution >= 4 is 5.97 Å². The summed E-state index contributed by atoms with van der Waals surface area (Å²) in [5.74, 6) is -0.449. The molecular formula is C12H16LiNO3. The van der Waals surface area contributed by atoms with Crippen molar-refractivity contribution in [2.24, 2.45) is 0 Å². The summed E-state index contributed by atoms with van der Waals surface area (Å²) in [7, 11) is 3.94. The Morgan fingerprint density at radius 1 is 1.41 bits per heavy atom. The molecule has 0 fully saturated rings. The molecule has 1 rings (SSSR count). The van der Waals surface area contributed by atoms with Gasteiger partial charge < -0.3 is 19.5 Å². The van der Waals surface area contributed by atoms with E-state index in [2.05, 4.69) is 0 Å². The number of likely N-dealkylation sites (N-methyl/N-ethyl adjacent to an activating group) is 1. The monoisotopic (exact) mass is 229 g/mol. The Morgan fingerprint density at radius 3 is 2.53 bits per heavy atom. The van der Waals surface area contributed by atoms with Crippen LogP contribution in [-0.2, 0) is 0 Å². The third kappa shape index (κ3) is 5.27. The van der Waals surface area contributed by atoms with E-state index < -0.39 is 5.97 Å². The van der Waals surface area contributed by atoms with E-state index in [1.807, 2.05) is 25.9 Å². The molecular weight excluding hydrogens is 213 g/mol. The molecule has 1 aromatic rings. The molecule has 0 spiro atoms. The van der Waals surface area contributed by atoms with Crippen LogP contribution in [0.15, 0.2) is 18.2 Å². The molecule has 4 nitrogen and oxygen atoms in total. The van der Waals surface area contributed by atoms with Crippen molar-refractivity contribution in [1.29, 1.82) is 0 Å². The van der Waals surface area contributed by atoms with Crippen molar-refractivity contribution in [3.8, 4) is 5.75 Å². The first-order chi connectivity index (χ1) is 7.50. The van der Waals surface area contributed by atoms with Gasteiger partial charge in [-0.2, -0.15) is 0 Å². The van der Waals surface area contributed by atoms with Crippen LogP contribution in [0.3, 0.4) is 0 Å². The number of carboxylic acid groups (broad SMARTS) is 1. The Hall–Kier alpha value is -0.953. The van der Waals surface area contributed by atoms with Crippen LogP contribution in [0.4, 0.5) is 0 Å². The van der Waals surface area contributed by atoms with E-state index in [1.165, 1.54) is 6.07 Å². The van der Waals surface area contributed by atoms with Gasteiger partial charge in [-0.05, 0) is 50.3 Å². The predicted octanol–water partition coefficient (Wildman–Crippen LogP) is -2.70. The molecule has 0 unspecified atom stereocenters. The largest absolute Gasteiger partial charge is 1.00 e. The van der Waals surface area contributed by atoms with Gasteiger partial charge in [-0.15, -0.1) is 0 Å². The first-order valence-electron chi connectivity index (χ1n) is 5.10. The minimum atomic E-state index is -1.16. The number of carbonyl (C=O) groups is 1. The van der Waals surface area contributed by atoms with Gasteiger partial charge in [-0.3, -0.25) is 0 Å². The fraction of sp³-hybridized carbons (Fsp3) is 0.417. The third-order valence-electron chi connectivity index (χ3n) is 2.21. The summed E-state index contributed by atoms with van der Waals surface area (Å²) in [6.45, 7) is 3.22. The quantitative estimate of drug-likeness (QED) is 0.516. The zero-order chi connectivity index (χ0) is 12.1. The van der Waals surface area contributed by atoms with Crippen LogP contribution in [0.25, 0.3) is 0 Å². The maximum absolute atomic E-state index is 10.6. The molecule has 0 radical (unpaired) electrons. The number of aromatic carboxylic acids is 1. The number of carboxylic acids is 1. The molecule has 0 aliphatic carbocycles. The zero-order valence-corrected chi connectivity index (χ0v) is 10.8. The van der Waals surface area contributed by atoms with Crippen LogP contribution in [0.5, 0.6) is 5.75 Å². The van der Waals surface area contributed by atoms with E-state index in [0.717, 1.165) is 12.1 Å². The van der Waals surface area contributed by atoms with Crippen molar-refractivity contribution < 1.29 is 33.5 Å². The molecule has 0 aromatic heterocycles. The number of nitrogens with zero attached hydrogens (tertiary/aromatic N) is 1. The van der Waals surface area contributed by atoms with E-state index in [4.69, 9.17) is 4.74 Å². The van der Waals surface area contributed by atoms with Crippen LogP contribution >= 0.6 is 0 Å². The second-order valence-electron chi connectivity index (χ2n) is 3.92. The minimum Gasteiger partial charge on any atom is -0.545 e. The summed E-state index contributed by atoms with van der Waals surface area (Å²) in [5.41, 5.74) is 0.984. The van der Waals surface area contributed by atoms with Gasteiger partial charge in [0, 0.05) is 6.54 Å². The number of rotatable bonds is 5. The standard InChI is InChI=1S/C12H17NO3.Li/c1-9-8-10(12(14)15)4-5-11(9)16-7-6-13(2)3;/h4-5,8H,6-7H2,1-3H3,(H,14,15);/q;+1/p-1. The molecule has 0 saturated carbocycles.